The Morgan fingerprint density at radius 1 is 0.800 bits per heavy atom. The molecule has 0 spiro atoms. The summed E-state index contributed by atoms with van der Waals surface area (Å²) in [6.45, 7) is -5.34. The number of hydrogen-bond donors (Lipinski definition) is 2. The van der Waals surface area contributed by atoms with E-state index in [0.29, 0.717) is 87.1 Å². The molecule has 2 aromatic carbocycles. The zero-order chi connectivity index (χ0) is 43.1. The van der Waals surface area contributed by atoms with Gasteiger partial charge in [0.05, 0.1) is 41.7 Å². The lowest BCUT2D eigenvalue weighted by molar-refractivity contribution is -0.145. The molecule has 0 bridgehead atoms. The van der Waals surface area contributed by atoms with Crippen molar-refractivity contribution in [3.05, 3.63) is 54.1 Å². The Morgan fingerprint density at radius 3 is 2.04 bits per heavy atom. The summed E-state index contributed by atoms with van der Waals surface area (Å²) < 4.78 is 105. The maximum absolute atomic E-state index is 12.4. The number of hydrogen-bond acceptors (Lipinski definition) is 8. The molecule has 0 aromatic heterocycles. The summed E-state index contributed by atoms with van der Waals surface area (Å²) in [4.78, 5) is 23.6. The summed E-state index contributed by atoms with van der Waals surface area (Å²) in [7, 11) is 0. The Balaban J connectivity index is 1.67. The molecule has 0 aliphatic rings. The molecule has 2 aromatic rings. The highest BCUT2D eigenvalue weighted by molar-refractivity contribution is 5.69. The number of carboxylic acids is 1. The molecule has 0 heterocycles. The van der Waals surface area contributed by atoms with Crippen LogP contribution in [0.1, 0.15) is 131 Å². The zero-order valence-electron chi connectivity index (χ0n) is 37.5. The van der Waals surface area contributed by atoms with Crippen molar-refractivity contribution < 1.29 is 45.7 Å². The van der Waals surface area contributed by atoms with Crippen molar-refractivity contribution in [2.24, 2.45) is 16.1 Å². The van der Waals surface area contributed by atoms with E-state index in [1.807, 2.05) is 6.07 Å². The fraction of sp³-hybridized carbons (Fsp3) is 0.583. The normalized spacial score (nSPS) is 17.6. The minimum absolute atomic E-state index is 0.0835. The highest BCUT2D eigenvalue weighted by Gasteiger charge is 2.11. The lowest BCUT2D eigenvalue weighted by atomic mass is 10.0. The molecule has 0 radical (unpaired) electrons. The summed E-state index contributed by atoms with van der Waals surface area (Å²) >= 11 is 0. The van der Waals surface area contributed by atoms with Crippen molar-refractivity contribution in [1.29, 1.82) is 5.26 Å². The molecule has 0 aliphatic heterocycles. The van der Waals surface area contributed by atoms with Crippen molar-refractivity contribution in [1.82, 2.24) is 0 Å². The smallest absolute Gasteiger partial charge is 0.305 e. The predicted octanol–water partition coefficient (Wildman–Crippen LogP) is 9.22. The lowest BCUT2D eigenvalue weighted by Crippen LogP contribution is -2.17. The molecule has 0 amide bonds. The molecule has 9 heteroatoms. The number of esters is 1. The molecule has 2 rings (SSSR count). The van der Waals surface area contributed by atoms with Crippen LogP contribution < -0.4 is 4.74 Å². The van der Waals surface area contributed by atoms with E-state index in [1.54, 1.807) is 48.5 Å². The molecular weight excluding hydrogens is 570 g/mol. The number of unbranched alkanes of at least 4 members (excludes halogenated alkanes) is 8. The number of carbonyl (C=O) groups is 2. The fourth-order valence-corrected chi connectivity index (χ4v) is 4.04. The van der Waals surface area contributed by atoms with E-state index in [2.05, 4.69) is 10.2 Å². The number of carboxylic acid groups (broad SMARTS) is 1. The average Bonchev–Trinajstić information content (AvgIpc) is 3.12. The van der Waals surface area contributed by atoms with Gasteiger partial charge in [0.15, 0.2) is 0 Å². The number of nitriles is 1. The number of carbonyl (C=O) groups excluding carboxylic acids is 1. The molecule has 1 atom stereocenters. The molecule has 0 aliphatic carbocycles. The van der Waals surface area contributed by atoms with Crippen molar-refractivity contribution in [3.8, 4) is 11.8 Å². The van der Waals surface area contributed by atoms with Crippen LogP contribution in [-0.4, -0.2) is 41.9 Å². The van der Waals surface area contributed by atoms with Crippen molar-refractivity contribution in [3.63, 3.8) is 0 Å². The average molecular weight is 634 g/mol. The first-order valence-corrected chi connectivity index (χ1v) is 15.2. The SMILES string of the molecule is [2H]C([2H])(O)C(CCCCCCOc1ccc(N=Nc2ccc(C#N)cc2)cc1)C([2H])([2H])OC(=O)CCCCCCCCC([2H])([2H])C([2H])([2H])C([2H])([2H])C([2H])([2H])C(=O)O. The second kappa shape index (κ2) is 24.5. The second-order valence-corrected chi connectivity index (χ2v) is 10.2. The van der Waals surface area contributed by atoms with Crippen LogP contribution in [0.4, 0.5) is 11.4 Å². The van der Waals surface area contributed by atoms with E-state index in [9.17, 15) is 14.7 Å². The summed E-state index contributed by atoms with van der Waals surface area (Å²) in [6.07, 6.45) is -9.73. The molecule has 0 saturated carbocycles. The third-order valence-corrected chi connectivity index (χ3v) is 6.49. The molecule has 246 valence electrons. The summed E-state index contributed by atoms with van der Waals surface area (Å²) in [5, 5.41) is 36.3. The molecule has 45 heavy (non-hydrogen) atoms. The maximum atomic E-state index is 12.4. The minimum atomic E-state index is -3.67. The van der Waals surface area contributed by atoms with Gasteiger partial charge in [0.2, 0.25) is 0 Å². The number of ether oxygens (including phenoxy) is 2. The van der Waals surface area contributed by atoms with E-state index < -0.39 is 62.9 Å². The Morgan fingerprint density at radius 2 is 1.40 bits per heavy atom. The molecule has 0 fully saturated rings. The third-order valence-electron chi connectivity index (χ3n) is 6.49. The number of rotatable bonds is 26. The lowest BCUT2D eigenvalue weighted by Gasteiger charge is -2.14. The Bertz CT molecular complexity index is 1650. The van der Waals surface area contributed by atoms with Crippen LogP contribution in [0.5, 0.6) is 5.75 Å². The topological polar surface area (TPSA) is 142 Å². The summed E-state index contributed by atoms with van der Waals surface area (Å²) in [5.41, 5.74) is 1.76. The van der Waals surface area contributed by atoms with Crippen LogP contribution in [0.15, 0.2) is 58.8 Å². The van der Waals surface area contributed by atoms with Gasteiger partial charge in [-0.05, 0) is 74.2 Å². The quantitative estimate of drug-likeness (QED) is 0.0597. The van der Waals surface area contributed by atoms with E-state index >= 15 is 0 Å². The van der Waals surface area contributed by atoms with Gasteiger partial charge in [-0.1, -0.05) is 70.5 Å². The Hall–Kier alpha value is -3.77. The largest absolute Gasteiger partial charge is 0.494 e. The third kappa shape index (κ3) is 19.3. The first-order valence-electron chi connectivity index (χ1n) is 21.2. The standard InChI is InChI=1S/C36H51N3O6/c37-27-30-18-20-32(21-19-30)38-39-33-22-24-34(25-23-33)44-26-14-10-9-11-15-31(28-40)29-45-36(43)17-13-8-6-4-2-1-3-5-7-12-16-35(41)42/h18-25,31,40H,1-17,26,28-29H2,(H,41,42)/i5D2,7D2,12D2,16D2,28D2,29D2. The Kier molecular flexibility index (Phi) is 12.4. The van der Waals surface area contributed by atoms with Gasteiger partial charge >= 0.3 is 11.9 Å². The number of aliphatic carboxylic acids is 1. The van der Waals surface area contributed by atoms with Gasteiger partial charge in [-0.15, -0.1) is 0 Å². The molecule has 9 nitrogen and oxygen atoms in total. The molecule has 1 unspecified atom stereocenters. The molecule has 2 N–H and O–H groups in total. The number of benzene rings is 2. The van der Waals surface area contributed by atoms with Crippen LogP contribution in [-0.2, 0) is 14.3 Å². The van der Waals surface area contributed by atoms with Gasteiger partial charge in [-0.2, -0.15) is 15.5 Å². The van der Waals surface area contributed by atoms with Gasteiger partial charge in [0.1, 0.15) is 5.75 Å². The van der Waals surface area contributed by atoms with Crippen LogP contribution in [0.2, 0.25) is 0 Å². The van der Waals surface area contributed by atoms with E-state index in [1.165, 1.54) is 0 Å². The van der Waals surface area contributed by atoms with Crippen molar-refractivity contribution in [2.75, 3.05) is 19.7 Å². The van der Waals surface area contributed by atoms with E-state index in [4.69, 9.17) is 36.3 Å². The molecule has 0 saturated heterocycles. The first kappa shape index (κ1) is 22.7. The Labute approximate surface area is 285 Å². The van der Waals surface area contributed by atoms with Gasteiger partial charge < -0.3 is 19.7 Å². The van der Waals surface area contributed by atoms with Crippen LogP contribution in [0.3, 0.4) is 0 Å². The highest BCUT2D eigenvalue weighted by atomic mass is 16.5. The predicted molar refractivity (Wildman–Crippen MR) is 175 cm³/mol. The van der Waals surface area contributed by atoms with Gasteiger partial charge in [0.25, 0.3) is 0 Å². The number of azo groups is 1. The summed E-state index contributed by atoms with van der Waals surface area (Å²) in [6, 6.07) is 15.8. The number of nitrogens with zero attached hydrogens (tertiary/aromatic N) is 3. The van der Waals surface area contributed by atoms with Crippen LogP contribution in [0, 0.1) is 17.2 Å². The minimum Gasteiger partial charge on any atom is -0.494 e. The fourth-order valence-electron chi connectivity index (χ4n) is 4.04. The number of aliphatic hydroxyl groups is 1. The first-order chi connectivity index (χ1) is 26.4. The van der Waals surface area contributed by atoms with Gasteiger partial charge in [-0.25, -0.2) is 0 Å². The summed E-state index contributed by atoms with van der Waals surface area (Å²) in [5.74, 6) is -4.15. The van der Waals surface area contributed by atoms with Gasteiger partial charge in [-0.3, -0.25) is 9.59 Å². The van der Waals surface area contributed by atoms with Crippen molar-refractivity contribution >= 4 is 23.3 Å². The molecular formula is C36H51N3O6. The van der Waals surface area contributed by atoms with E-state index in [-0.39, 0.29) is 19.3 Å². The maximum Gasteiger partial charge on any atom is 0.305 e. The zero-order valence-corrected chi connectivity index (χ0v) is 25.5. The monoisotopic (exact) mass is 633 g/mol. The highest BCUT2D eigenvalue weighted by Crippen LogP contribution is 2.22. The van der Waals surface area contributed by atoms with Crippen LogP contribution >= 0.6 is 0 Å². The van der Waals surface area contributed by atoms with Crippen LogP contribution in [0.25, 0.3) is 0 Å². The second-order valence-electron chi connectivity index (χ2n) is 10.2. The van der Waals surface area contributed by atoms with E-state index in [0.717, 1.165) is 0 Å². The van der Waals surface area contributed by atoms with Crippen molar-refractivity contribution in [2.45, 2.75) is 109 Å². The van der Waals surface area contributed by atoms with Gasteiger partial charge in [0, 0.05) is 36.2 Å².